The number of hydrogen-bond donors (Lipinski definition) is 1. The molecule has 0 radical (unpaired) electrons. The van der Waals surface area contributed by atoms with Crippen LogP contribution >= 0.6 is 11.8 Å². The van der Waals surface area contributed by atoms with Gasteiger partial charge in [0.05, 0.1) is 12.5 Å². The van der Waals surface area contributed by atoms with Gasteiger partial charge >= 0.3 is 5.97 Å². The van der Waals surface area contributed by atoms with Crippen LogP contribution in [0.3, 0.4) is 0 Å². The molecule has 0 aromatic heterocycles. The van der Waals surface area contributed by atoms with E-state index < -0.39 is 0 Å². The average molecular weight is 782 g/mol. The van der Waals surface area contributed by atoms with Gasteiger partial charge in [0.2, 0.25) is 0 Å². The summed E-state index contributed by atoms with van der Waals surface area (Å²) in [6.07, 6.45) is 40.7. The van der Waals surface area contributed by atoms with Crippen LogP contribution in [0, 0.1) is 11.8 Å². The fraction of sp³-hybridized carbons (Fsp3) is 0.958. The normalized spacial score (nSPS) is 12.8. The lowest BCUT2D eigenvalue weighted by Crippen LogP contribution is -2.27. The van der Waals surface area contributed by atoms with Crippen molar-refractivity contribution < 1.29 is 19.4 Å². The van der Waals surface area contributed by atoms with E-state index >= 15 is 0 Å². The smallest absolute Gasteiger partial charge is 0.308 e. The fourth-order valence-corrected chi connectivity index (χ4v) is 8.70. The number of aliphatic hydroxyl groups excluding tert-OH is 1. The third kappa shape index (κ3) is 35.8. The first-order valence-corrected chi connectivity index (χ1v) is 25.2. The number of esters is 1. The minimum atomic E-state index is 0.0609. The van der Waals surface area contributed by atoms with Gasteiger partial charge in [0.15, 0.2) is 5.12 Å². The zero-order valence-electron chi connectivity index (χ0n) is 37.0. The van der Waals surface area contributed by atoms with Crippen LogP contribution in [0.5, 0.6) is 0 Å². The van der Waals surface area contributed by atoms with Crippen LogP contribution < -0.4 is 0 Å². The van der Waals surface area contributed by atoms with E-state index in [0.717, 1.165) is 96.0 Å². The van der Waals surface area contributed by atoms with E-state index in [0.29, 0.717) is 11.7 Å². The molecule has 0 aliphatic rings. The van der Waals surface area contributed by atoms with E-state index in [1.54, 1.807) is 11.8 Å². The van der Waals surface area contributed by atoms with Crippen molar-refractivity contribution in [2.45, 2.75) is 246 Å². The first-order chi connectivity index (χ1) is 26.5. The Hall–Kier alpha value is -0.590. The van der Waals surface area contributed by atoms with Crippen LogP contribution in [0.1, 0.15) is 246 Å². The van der Waals surface area contributed by atoms with Crippen molar-refractivity contribution in [2.75, 3.05) is 38.6 Å². The van der Waals surface area contributed by atoms with Gasteiger partial charge in [0.1, 0.15) is 0 Å². The lowest BCUT2D eigenvalue weighted by Gasteiger charge is -2.22. The van der Waals surface area contributed by atoms with E-state index in [9.17, 15) is 14.7 Å². The number of aliphatic hydroxyl groups is 1. The molecule has 0 aromatic carbocycles. The second kappa shape index (κ2) is 43.5. The Morgan fingerprint density at radius 3 is 1.31 bits per heavy atom. The van der Waals surface area contributed by atoms with Crippen LogP contribution in [-0.4, -0.2) is 59.7 Å². The molecule has 1 N–H and O–H groups in total. The highest BCUT2D eigenvalue weighted by Gasteiger charge is 2.20. The molecule has 5 nitrogen and oxygen atoms in total. The summed E-state index contributed by atoms with van der Waals surface area (Å²) in [5.41, 5.74) is 0. The molecule has 0 bridgehead atoms. The molecule has 2 unspecified atom stereocenters. The minimum absolute atomic E-state index is 0.0609. The minimum Gasteiger partial charge on any atom is -0.465 e. The van der Waals surface area contributed by atoms with E-state index in [2.05, 4.69) is 32.6 Å². The number of thioether (sulfide) groups is 1. The van der Waals surface area contributed by atoms with Crippen molar-refractivity contribution in [1.82, 2.24) is 4.90 Å². The van der Waals surface area contributed by atoms with Gasteiger partial charge in [0, 0.05) is 18.3 Å². The number of ether oxygens (including phenoxy) is 1. The SMILES string of the molecule is CCCCCCCCC(CCCCCC)C(=O)OCCCCCCN(CCCCO)CCCCCCSC(=O)C(CCCCCC)CCCCCCCC. The van der Waals surface area contributed by atoms with Gasteiger partial charge in [-0.1, -0.05) is 194 Å². The first-order valence-electron chi connectivity index (χ1n) is 24.2. The van der Waals surface area contributed by atoms with Gasteiger partial charge in [-0.3, -0.25) is 9.59 Å². The summed E-state index contributed by atoms with van der Waals surface area (Å²) >= 11 is 1.63. The molecule has 322 valence electrons. The predicted octanol–water partition coefficient (Wildman–Crippen LogP) is 14.7. The summed E-state index contributed by atoms with van der Waals surface area (Å²) in [4.78, 5) is 28.7. The van der Waals surface area contributed by atoms with Crippen LogP contribution in [0.25, 0.3) is 0 Å². The highest BCUT2D eigenvalue weighted by molar-refractivity contribution is 8.13. The summed E-state index contributed by atoms with van der Waals surface area (Å²) < 4.78 is 5.83. The monoisotopic (exact) mass is 782 g/mol. The first kappa shape index (κ1) is 53.4. The zero-order valence-corrected chi connectivity index (χ0v) is 37.8. The van der Waals surface area contributed by atoms with Crippen LogP contribution in [0.2, 0.25) is 0 Å². The quantitative estimate of drug-likeness (QED) is 0.0490. The number of rotatable bonds is 44. The zero-order chi connectivity index (χ0) is 39.6. The van der Waals surface area contributed by atoms with E-state index in [-0.39, 0.29) is 24.4 Å². The molecule has 0 fully saturated rings. The third-order valence-electron chi connectivity index (χ3n) is 11.4. The van der Waals surface area contributed by atoms with E-state index in [1.165, 1.54) is 148 Å². The van der Waals surface area contributed by atoms with Crippen molar-refractivity contribution in [1.29, 1.82) is 0 Å². The molecule has 0 saturated heterocycles. The Balaban J connectivity index is 4.36. The summed E-state index contributed by atoms with van der Waals surface area (Å²) in [5, 5.41) is 9.80. The molecule has 2 atom stereocenters. The molecule has 6 heteroatoms. The van der Waals surface area contributed by atoms with Crippen molar-refractivity contribution in [3.05, 3.63) is 0 Å². The summed E-state index contributed by atoms with van der Waals surface area (Å²) in [7, 11) is 0. The van der Waals surface area contributed by atoms with E-state index in [1.807, 2.05) is 0 Å². The molecular weight excluding hydrogens is 687 g/mol. The molecule has 0 aliphatic carbocycles. The summed E-state index contributed by atoms with van der Waals surface area (Å²) in [6.45, 7) is 13.2. The topological polar surface area (TPSA) is 66.8 Å². The van der Waals surface area contributed by atoms with Gasteiger partial charge in [-0.25, -0.2) is 0 Å². The van der Waals surface area contributed by atoms with Crippen molar-refractivity contribution in [3.63, 3.8) is 0 Å². The summed E-state index contributed by atoms with van der Waals surface area (Å²) in [6, 6.07) is 0. The Bertz CT molecular complexity index is 722. The molecule has 0 aliphatic heterocycles. The van der Waals surface area contributed by atoms with Crippen molar-refractivity contribution in [3.8, 4) is 0 Å². The number of carbonyl (C=O) groups is 2. The molecule has 0 spiro atoms. The summed E-state index contributed by atoms with van der Waals surface area (Å²) in [5.74, 6) is 1.41. The lowest BCUT2D eigenvalue weighted by molar-refractivity contribution is -0.149. The maximum atomic E-state index is 13.2. The van der Waals surface area contributed by atoms with Crippen LogP contribution in [0.15, 0.2) is 0 Å². The maximum Gasteiger partial charge on any atom is 0.308 e. The molecule has 0 aromatic rings. The van der Waals surface area contributed by atoms with Gasteiger partial charge in [-0.05, 0) is 83.8 Å². The number of carbonyl (C=O) groups excluding carboxylic acids is 2. The van der Waals surface area contributed by atoms with Gasteiger partial charge in [-0.2, -0.15) is 0 Å². The number of nitrogens with zero attached hydrogens (tertiary/aromatic N) is 1. The molecule has 0 saturated carbocycles. The predicted molar refractivity (Wildman–Crippen MR) is 239 cm³/mol. The Morgan fingerprint density at radius 2 is 0.833 bits per heavy atom. The highest BCUT2D eigenvalue weighted by atomic mass is 32.2. The van der Waals surface area contributed by atoms with Crippen LogP contribution in [0.4, 0.5) is 0 Å². The Kier molecular flexibility index (Phi) is 43.1. The Labute approximate surface area is 342 Å². The fourth-order valence-electron chi connectivity index (χ4n) is 7.68. The van der Waals surface area contributed by atoms with Gasteiger partial charge < -0.3 is 14.7 Å². The highest BCUT2D eigenvalue weighted by Crippen LogP contribution is 2.26. The second-order valence-corrected chi connectivity index (χ2v) is 17.7. The van der Waals surface area contributed by atoms with Gasteiger partial charge in [0.25, 0.3) is 0 Å². The Morgan fingerprint density at radius 1 is 0.463 bits per heavy atom. The molecule has 0 rings (SSSR count). The molecule has 0 heterocycles. The number of unbranched alkanes of at least 4 members (excludes halogenated alkanes) is 23. The maximum absolute atomic E-state index is 13.2. The molecule has 54 heavy (non-hydrogen) atoms. The third-order valence-corrected chi connectivity index (χ3v) is 12.5. The van der Waals surface area contributed by atoms with Gasteiger partial charge in [-0.15, -0.1) is 0 Å². The lowest BCUT2D eigenvalue weighted by atomic mass is 9.94. The molecular formula is C48H95NO4S. The second-order valence-electron chi connectivity index (χ2n) is 16.6. The standard InChI is InChI=1S/C48H95NO4S/c1-5-9-13-17-19-27-36-45(35-25-15-11-7-3)47(51)53-43-33-23-21-29-39-49(41-31-32-42-50)40-30-22-24-34-44-54-48(52)46(37-26-16-12-8-4)38-28-20-18-14-10-6-2/h45-46,50H,5-44H2,1-4H3. The average Bonchev–Trinajstić information content (AvgIpc) is 3.17. The number of hydrogen-bond acceptors (Lipinski definition) is 6. The largest absolute Gasteiger partial charge is 0.465 e. The van der Waals surface area contributed by atoms with Crippen molar-refractivity contribution >= 4 is 22.8 Å². The van der Waals surface area contributed by atoms with Crippen molar-refractivity contribution in [2.24, 2.45) is 11.8 Å². The van der Waals surface area contributed by atoms with Crippen LogP contribution in [-0.2, 0) is 14.3 Å². The van der Waals surface area contributed by atoms with E-state index in [4.69, 9.17) is 4.74 Å². The molecule has 0 amide bonds.